The number of ether oxygens (including phenoxy) is 3. The first-order chi connectivity index (χ1) is 12.1. The quantitative estimate of drug-likeness (QED) is 0.719. The predicted molar refractivity (Wildman–Crippen MR) is 98.1 cm³/mol. The van der Waals surface area contributed by atoms with Gasteiger partial charge in [0.15, 0.2) is 11.5 Å². The fourth-order valence-corrected chi connectivity index (χ4v) is 3.46. The number of fused-ring (bicyclic) bond motifs is 1. The minimum absolute atomic E-state index is 0.00319. The number of hydrogen-bond donors (Lipinski definition) is 1. The Kier molecular flexibility index (Phi) is 4.89. The molecule has 2 heterocycles. The van der Waals surface area contributed by atoms with Crippen molar-refractivity contribution in [2.75, 3.05) is 26.6 Å². The van der Waals surface area contributed by atoms with Crippen LogP contribution in [0.2, 0.25) is 0 Å². The molecule has 1 N–H and O–H groups in total. The third-order valence-electron chi connectivity index (χ3n) is 3.98. The molecular formula is C17H20N4O3S. The van der Waals surface area contributed by atoms with Crippen LogP contribution in [-0.2, 0) is 0 Å². The number of aryl methyl sites for hydroxylation is 1. The van der Waals surface area contributed by atoms with Crippen LogP contribution in [0.3, 0.4) is 0 Å². The summed E-state index contributed by atoms with van der Waals surface area (Å²) in [7, 11) is 4.73. The zero-order valence-electron chi connectivity index (χ0n) is 14.8. The molecule has 25 heavy (non-hydrogen) atoms. The number of anilines is 1. The Balaban J connectivity index is 2.12. The van der Waals surface area contributed by atoms with Crippen LogP contribution >= 0.6 is 11.3 Å². The highest BCUT2D eigenvalue weighted by Gasteiger charge is 2.20. The molecule has 1 unspecified atom stereocenters. The molecule has 2 aromatic heterocycles. The second-order valence-corrected chi connectivity index (χ2v) is 6.48. The summed E-state index contributed by atoms with van der Waals surface area (Å²) >= 11 is 1.62. The molecule has 8 heteroatoms. The standard InChI is InChI=1S/C17H20N4O3S/c1-9(13-10(2)25-8-20-13)21-17-11-6-12(22-3)15(23-4)16(24-5)14(11)18-7-19-17/h6-9H,1-5H3,(H,18,19,21). The van der Waals surface area contributed by atoms with E-state index in [1.807, 2.05) is 18.5 Å². The molecule has 0 amide bonds. The number of nitrogens with zero attached hydrogens (tertiary/aromatic N) is 3. The van der Waals surface area contributed by atoms with Crippen molar-refractivity contribution < 1.29 is 14.2 Å². The van der Waals surface area contributed by atoms with E-state index in [1.54, 1.807) is 32.7 Å². The van der Waals surface area contributed by atoms with Gasteiger partial charge in [0.25, 0.3) is 0 Å². The Labute approximate surface area is 150 Å². The van der Waals surface area contributed by atoms with Gasteiger partial charge in [-0.05, 0) is 19.9 Å². The Morgan fingerprint density at radius 3 is 2.40 bits per heavy atom. The van der Waals surface area contributed by atoms with Gasteiger partial charge in [-0.3, -0.25) is 0 Å². The maximum absolute atomic E-state index is 5.51. The number of benzene rings is 1. The van der Waals surface area contributed by atoms with Gasteiger partial charge in [-0.25, -0.2) is 15.0 Å². The van der Waals surface area contributed by atoms with Crippen LogP contribution in [0, 0.1) is 6.92 Å². The summed E-state index contributed by atoms with van der Waals surface area (Å²) in [4.78, 5) is 14.4. The average Bonchev–Trinajstić information content (AvgIpc) is 3.06. The van der Waals surface area contributed by atoms with Crippen LogP contribution in [0.5, 0.6) is 17.2 Å². The minimum Gasteiger partial charge on any atom is -0.493 e. The van der Waals surface area contributed by atoms with E-state index in [4.69, 9.17) is 14.2 Å². The van der Waals surface area contributed by atoms with Crippen LogP contribution in [0.1, 0.15) is 23.5 Å². The summed E-state index contributed by atoms with van der Waals surface area (Å²) < 4.78 is 16.4. The molecule has 3 rings (SSSR count). The Hall–Kier alpha value is -2.61. The monoisotopic (exact) mass is 360 g/mol. The maximum atomic E-state index is 5.51. The van der Waals surface area contributed by atoms with Crippen molar-refractivity contribution in [2.45, 2.75) is 19.9 Å². The van der Waals surface area contributed by atoms with E-state index in [9.17, 15) is 0 Å². The number of methoxy groups -OCH3 is 3. The van der Waals surface area contributed by atoms with Gasteiger partial charge in [0.2, 0.25) is 5.75 Å². The van der Waals surface area contributed by atoms with Crippen molar-refractivity contribution in [2.24, 2.45) is 0 Å². The first-order valence-electron chi connectivity index (χ1n) is 7.70. The van der Waals surface area contributed by atoms with Crippen molar-refractivity contribution >= 4 is 28.1 Å². The topological polar surface area (TPSA) is 78.4 Å². The van der Waals surface area contributed by atoms with E-state index in [0.717, 1.165) is 11.1 Å². The highest BCUT2D eigenvalue weighted by Crippen LogP contribution is 2.44. The average molecular weight is 360 g/mol. The lowest BCUT2D eigenvalue weighted by Crippen LogP contribution is -2.10. The zero-order chi connectivity index (χ0) is 18.0. The molecule has 0 fully saturated rings. The van der Waals surface area contributed by atoms with Crippen LogP contribution in [-0.4, -0.2) is 36.3 Å². The number of hydrogen-bond acceptors (Lipinski definition) is 8. The third-order valence-corrected chi connectivity index (χ3v) is 4.75. The Morgan fingerprint density at radius 1 is 1.04 bits per heavy atom. The van der Waals surface area contributed by atoms with E-state index in [-0.39, 0.29) is 6.04 Å². The second kappa shape index (κ2) is 7.10. The van der Waals surface area contributed by atoms with Gasteiger partial charge >= 0.3 is 0 Å². The molecule has 1 aromatic carbocycles. The molecule has 7 nitrogen and oxygen atoms in total. The first-order valence-corrected chi connectivity index (χ1v) is 8.58. The molecule has 0 spiro atoms. The lowest BCUT2D eigenvalue weighted by Gasteiger charge is -2.18. The summed E-state index contributed by atoms with van der Waals surface area (Å²) in [5, 5.41) is 4.20. The van der Waals surface area contributed by atoms with Crippen LogP contribution in [0.4, 0.5) is 5.82 Å². The number of nitrogens with one attached hydrogen (secondary N) is 1. The largest absolute Gasteiger partial charge is 0.493 e. The Morgan fingerprint density at radius 2 is 1.80 bits per heavy atom. The third kappa shape index (κ3) is 3.05. The maximum Gasteiger partial charge on any atom is 0.205 e. The van der Waals surface area contributed by atoms with Gasteiger partial charge in [0.1, 0.15) is 17.7 Å². The highest BCUT2D eigenvalue weighted by atomic mass is 32.1. The Bertz CT molecular complexity index is 897. The van der Waals surface area contributed by atoms with Gasteiger partial charge in [-0.1, -0.05) is 0 Å². The van der Waals surface area contributed by atoms with E-state index in [0.29, 0.717) is 28.6 Å². The lowest BCUT2D eigenvalue weighted by molar-refractivity contribution is 0.327. The van der Waals surface area contributed by atoms with E-state index >= 15 is 0 Å². The van der Waals surface area contributed by atoms with Crippen molar-refractivity contribution in [1.29, 1.82) is 0 Å². The molecule has 0 saturated carbocycles. The molecule has 0 aliphatic carbocycles. The van der Waals surface area contributed by atoms with Crippen molar-refractivity contribution in [3.63, 3.8) is 0 Å². The van der Waals surface area contributed by atoms with Gasteiger partial charge in [-0.2, -0.15) is 0 Å². The first kappa shape index (κ1) is 17.2. The molecule has 1 atom stereocenters. The number of rotatable bonds is 6. The summed E-state index contributed by atoms with van der Waals surface area (Å²) in [6.07, 6.45) is 1.50. The van der Waals surface area contributed by atoms with Crippen molar-refractivity contribution in [3.05, 3.63) is 28.5 Å². The second-order valence-electron chi connectivity index (χ2n) is 5.42. The smallest absolute Gasteiger partial charge is 0.205 e. The van der Waals surface area contributed by atoms with Gasteiger partial charge in [0.05, 0.1) is 44.0 Å². The molecule has 0 aliphatic rings. The van der Waals surface area contributed by atoms with Gasteiger partial charge in [0, 0.05) is 4.88 Å². The molecule has 0 aliphatic heterocycles. The SMILES string of the molecule is COc1cc2c(NC(C)c3ncsc3C)ncnc2c(OC)c1OC. The summed E-state index contributed by atoms with van der Waals surface area (Å²) in [6.45, 7) is 4.11. The summed E-state index contributed by atoms with van der Waals surface area (Å²) in [5.74, 6) is 2.26. The molecule has 0 saturated heterocycles. The van der Waals surface area contributed by atoms with Crippen LogP contribution in [0.15, 0.2) is 17.9 Å². The van der Waals surface area contributed by atoms with Crippen LogP contribution in [0.25, 0.3) is 10.9 Å². The van der Waals surface area contributed by atoms with Gasteiger partial charge in [-0.15, -0.1) is 11.3 Å². The van der Waals surface area contributed by atoms with E-state index < -0.39 is 0 Å². The lowest BCUT2D eigenvalue weighted by atomic mass is 10.1. The predicted octanol–water partition coefficient (Wildman–Crippen LogP) is 3.59. The molecule has 132 valence electrons. The number of thiazole rings is 1. The molecule has 0 radical (unpaired) electrons. The van der Waals surface area contributed by atoms with E-state index in [1.165, 1.54) is 11.2 Å². The fourth-order valence-electron chi connectivity index (χ4n) is 2.78. The highest BCUT2D eigenvalue weighted by molar-refractivity contribution is 7.09. The van der Waals surface area contributed by atoms with Crippen molar-refractivity contribution in [3.8, 4) is 17.2 Å². The summed E-state index contributed by atoms with van der Waals surface area (Å²) in [5.41, 5.74) is 3.50. The van der Waals surface area contributed by atoms with Crippen molar-refractivity contribution in [1.82, 2.24) is 15.0 Å². The fraction of sp³-hybridized carbons (Fsp3) is 0.353. The zero-order valence-corrected chi connectivity index (χ0v) is 15.6. The number of aromatic nitrogens is 3. The van der Waals surface area contributed by atoms with Gasteiger partial charge < -0.3 is 19.5 Å². The molecule has 3 aromatic rings. The molecular weight excluding hydrogens is 340 g/mol. The minimum atomic E-state index is 0.00319. The van der Waals surface area contributed by atoms with E-state index in [2.05, 4.69) is 27.2 Å². The molecule has 0 bridgehead atoms. The normalized spacial score (nSPS) is 12.0. The van der Waals surface area contributed by atoms with Crippen LogP contribution < -0.4 is 19.5 Å². The summed E-state index contributed by atoms with van der Waals surface area (Å²) in [6, 6.07) is 1.85.